The molecule has 104 valence electrons. The predicted octanol–water partition coefficient (Wildman–Crippen LogP) is 2.61. The first kappa shape index (κ1) is 14.0. The summed E-state index contributed by atoms with van der Waals surface area (Å²) in [4.78, 5) is 18.2. The van der Waals surface area contributed by atoms with Crippen molar-refractivity contribution in [3.05, 3.63) is 29.6 Å². The third-order valence-corrected chi connectivity index (χ3v) is 4.01. The van der Waals surface area contributed by atoms with Crippen LogP contribution in [0.15, 0.2) is 18.3 Å². The second-order valence-electron chi connectivity index (χ2n) is 5.44. The number of pyridine rings is 1. The minimum absolute atomic E-state index is 0.632. The van der Waals surface area contributed by atoms with Crippen LogP contribution in [0.4, 0.5) is 0 Å². The van der Waals surface area contributed by atoms with Gasteiger partial charge in [-0.15, -0.1) is 0 Å². The van der Waals surface area contributed by atoms with Gasteiger partial charge in [0.2, 0.25) is 0 Å². The van der Waals surface area contributed by atoms with Crippen molar-refractivity contribution in [1.82, 2.24) is 9.88 Å². The van der Waals surface area contributed by atoms with Crippen LogP contribution in [0.5, 0.6) is 0 Å². The summed E-state index contributed by atoms with van der Waals surface area (Å²) in [6.07, 6.45) is 5.16. The molecular weight excluding hydrogens is 240 g/mol. The largest absolute Gasteiger partial charge is 0.480 e. The Morgan fingerprint density at radius 1 is 1.53 bits per heavy atom. The number of nitrogens with zero attached hydrogens (tertiary/aromatic N) is 2. The van der Waals surface area contributed by atoms with Gasteiger partial charge in [-0.25, -0.2) is 0 Å². The number of aliphatic carboxylic acids is 1. The van der Waals surface area contributed by atoms with Crippen LogP contribution in [0.1, 0.15) is 43.9 Å². The van der Waals surface area contributed by atoms with Gasteiger partial charge in [0.1, 0.15) is 5.54 Å². The van der Waals surface area contributed by atoms with E-state index >= 15 is 0 Å². The van der Waals surface area contributed by atoms with Crippen LogP contribution in [0.3, 0.4) is 0 Å². The van der Waals surface area contributed by atoms with Crippen LogP contribution in [-0.4, -0.2) is 33.0 Å². The molecule has 1 saturated heterocycles. The highest BCUT2D eigenvalue weighted by atomic mass is 16.4. The summed E-state index contributed by atoms with van der Waals surface area (Å²) in [5, 5.41) is 9.63. The van der Waals surface area contributed by atoms with Gasteiger partial charge >= 0.3 is 5.97 Å². The van der Waals surface area contributed by atoms with E-state index in [0.29, 0.717) is 13.0 Å². The Labute approximate surface area is 114 Å². The minimum Gasteiger partial charge on any atom is -0.480 e. The second-order valence-corrected chi connectivity index (χ2v) is 5.44. The summed E-state index contributed by atoms with van der Waals surface area (Å²) < 4.78 is 0. The van der Waals surface area contributed by atoms with E-state index in [4.69, 9.17) is 0 Å². The maximum atomic E-state index is 11.7. The fourth-order valence-electron chi connectivity index (χ4n) is 3.00. The molecule has 1 aromatic heterocycles. The number of carboxylic acids is 1. The fourth-order valence-corrected chi connectivity index (χ4v) is 3.00. The van der Waals surface area contributed by atoms with Gasteiger partial charge in [0.25, 0.3) is 0 Å². The molecule has 1 atom stereocenters. The van der Waals surface area contributed by atoms with Crippen LogP contribution in [0.25, 0.3) is 0 Å². The Kier molecular flexibility index (Phi) is 4.20. The van der Waals surface area contributed by atoms with Gasteiger partial charge in [-0.2, -0.15) is 0 Å². The zero-order valence-corrected chi connectivity index (χ0v) is 11.7. The number of aromatic nitrogens is 1. The molecule has 0 spiro atoms. The van der Waals surface area contributed by atoms with Gasteiger partial charge in [0.05, 0.1) is 5.69 Å². The molecule has 0 saturated carbocycles. The van der Waals surface area contributed by atoms with Crippen molar-refractivity contribution in [2.75, 3.05) is 6.54 Å². The van der Waals surface area contributed by atoms with Crippen molar-refractivity contribution in [3.8, 4) is 0 Å². The molecular formula is C15H22N2O2. The van der Waals surface area contributed by atoms with Crippen molar-refractivity contribution in [2.24, 2.45) is 0 Å². The molecule has 2 rings (SSSR count). The lowest BCUT2D eigenvalue weighted by Crippen LogP contribution is -2.50. The number of rotatable bonds is 5. The predicted molar refractivity (Wildman–Crippen MR) is 73.9 cm³/mol. The van der Waals surface area contributed by atoms with Crippen molar-refractivity contribution in [2.45, 2.75) is 51.6 Å². The number of carbonyl (C=O) groups is 1. The van der Waals surface area contributed by atoms with E-state index in [0.717, 1.165) is 37.1 Å². The average molecular weight is 262 g/mol. The molecule has 4 heteroatoms. The van der Waals surface area contributed by atoms with Crippen molar-refractivity contribution in [3.63, 3.8) is 0 Å². The monoisotopic (exact) mass is 262 g/mol. The van der Waals surface area contributed by atoms with E-state index in [1.807, 2.05) is 32.2 Å². The lowest BCUT2D eigenvalue weighted by Gasteiger charge is -2.34. The van der Waals surface area contributed by atoms with Crippen LogP contribution in [0, 0.1) is 6.92 Å². The Morgan fingerprint density at radius 2 is 2.32 bits per heavy atom. The average Bonchev–Trinajstić information content (AvgIpc) is 2.77. The van der Waals surface area contributed by atoms with Gasteiger partial charge in [-0.05, 0) is 44.4 Å². The Balaban J connectivity index is 2.17. The molecule has 0 aliphatic carbocycles. The lowest BCUT2D eigenvalue weighted by atomic mass is 9.90. The van der Waals surface area contributed by atoms with E-state index in [1.54, 1.807) is 0 Å². The maximum Gasteiger partial charge on any atom is 0.324 e. The van der Waals surface area contributed by atoms with Gasteiger partial charge in [-0.3, -0.25) is 14.7 Å². The lowest BCUT2D eigenvalue weighted by molar-refractivity contribution is -0.150. The summed E-state index contributed by atoms with van der Waals surface area (Å²) in [5.41, 5.74) is 1.40. The summed E-state index contributed by atoms with van der Waals surface area (Å²) in [6, 6.07) is 4.02. The quantitative estimate of drug-likeness (QED) is 0.886. The molecule has 2 heterocycles. The number of aryl methyl sites for hydroxylation is 1. The first-order valence-corrected chi connectivity index (χ1v) is 6.98. The number of hydrogen-bond donors (Lipinski definition) is 1. The van der Waals surface area contributed by atoms with E-state index in [-0.39, 0.29) is 0 Å². The molecule has 0 aromatic carbocycles. The highest BCUT2D eigenvalue weighted by Crippen LogP contribution is 2.35. The zero-order valence-electron chi connectivity index (χ0n) is 11.7. The zero-order chi connectivity index (χ0) is 13.9. The molecule has 4 nitrogen and oxygen atoms in total. The number of likely N-dealkylation sites (tertiary alicyclic amines) is 1. The van der Waals surface area contributed by atoms with Gasteiger partial charge in [0, 0.05) is 12.7 Å². The van der Waals surface area contributed by atoms with Crippen molar-refractivity contribution in [1.29, 1.82) is 0 Å². The molecule has 1 aliphatic rings. The molecule has 1 N–H and O–H groups in total. The Bertz CT molecular complexity index is 444. The van der Waals surface area contributed by atoms with E-state index in [1.165, 1.54) is 0 Å². The van der Waals surface area contributed by atoms with Crippen LogP contribution < -0.4 is 0 Å². The molecule has 0 amide bonds. The summed E-state index contributed by atoms with van der Waals surface area (Å²) >= 11 is 0. The second kappa shape index (κ2) is 5.70. The molecule has 19 heavy (non-hydrogen) atoms. The molecule has 1 fully saturated rings. The highest BCUT2D eigenvalue weighted by Gasteiger charge is 2.46. The smallest absolute Gasteiger partial charge is 0.324 e. The Morgan fingerprint density at radius 3 is 2.89 bits per heavy atom. The van der Waals surface area contributed by atoms with E-state index < -0.39 is 11.5 Å². The highest BCUT2D eigenvalue weighted by molar-refractivity contribution is 5.79. The standard InChI is InChI=1S/C15H22N2O2/c1-3-7-15(14(18)19)8-4-9-17(15)11-13-6-5-12(2)10-16-13/h5-6,10H,3-4,7-9,11H2,1-2H3,(H,18,19). The van der Waals surface area contributed by atoms with E-state index in [9.17, 15) is 9.90 Å². The van der Waals surface area contributed by atoms with Gasteiger partial charge in [0.15, 0.2) is 0 Å². The normalized spacial score (nSPS) is 23.7. The number of carboxylic acid groups (broad SMARTS) is 1. The SMILES string of the molecule is CCCC1(C(=O)O)CCCN1Cc1ccc(C)cn1. The minimum atomic E-state index is -0.682. The van der Waals surface area contributed by atoms with Gasteiger partial charge in [-0.1, -0.05) is 19.4 Å². The van der Waals surface area contributed by atoms with Crippen molar-refractivity contribution >= 4 is 5.97 Å². The third-order valence-electron chi connectivity index (χ3n) is 4.01. The summed E-state index contributed by atoms with van der Waals surface area (Å²) in [5.74, 6) is -0.682. The Hall–Kier alpha value is -1.42. The summed E-state index contributed by atoms with van der Waals surface area (Å²) in [7, 11) is 0. The molecule has 0 radical (unpaired) electrons. The first-order valence-electron chi connectivity index (χ1n) is 6.98. The molecule has 1 unspecified atom stereocenters. The van der Waals surface area contributed by atoms with Gasteiger partial charge < -0.3 is 5.11 Å². The van der Waals surface area contributed by atoms with E-state index in [2.05, 4.69) is 9.88 Å². The van der Waals surface area contributed by atoms with Crippen LogP contribution in [-0.2, 0) is 11.3 Å². The molecule has 0 bridgehead atoms. The molecule has 1 aromatic rings. The first-order chi connectivity index (χ1) is 9.08. The van der Waals surface area contributed by atoms with Crippen LogP contribution >= 0.6 is 0 Å². The topological polar surface area (TPSA) is 53.4 Å². The third kappa shape index (κ3) is 2.78. The van der Waals surface area contributed by atoms with Crippen LogP contribution in [0.2, 0.25) is 0 Å². The maximum absolute atomic E-state index is 11.7. The van der Waals surface area contributed by atoms with Crippen molar-refractivity contribution < 1.29 is 9.90 Å². The number of hydrogen-bond acceptors (Lipinski definition) is 3. The molecule has 1 aliphatic heterocycles. The summed E-state index contributed by atoms with van der Waals surface area (Å²) in [6.45, 7) is 5.53. The fraction of sp³-hybridized carbons (Fsp3) is 0.600.